The maximum Gasteiger partial charge on any atom is 0.408 e. The van der Waals surface area contributed by atoms with Crippen LogP contribution in [-0.2, 0) is 19.1 Å². The lowest BCUT2D eigenvalue weighted by Gasteiger charge is -2.26. The fraction of sp³-hybridized carbons (Fsp3) is 0.550. The Hall–Kier alpha value is -2.28. The number of carbonyl (C=O) groups excluding carboxylic acids is 3. The largest absolute Gasteiger partial charge is 0.458 e. The Kier molecular flexibility index (Phi) is 8.29. The molecule has 0 saturated heterocycles. The molecule has 28 heavy (non-hydrogen) atoms. The van der Waals surface area contributed by atoms with E-state index in [1.165, 1.54) is 0 Å². The summed E-state index contributed by atoms with van der Waals surface area (Å²) in [5.41, 5.74) is -0.853. The molecule has 0 radical (unpaired) electrons. The second kappa shape index (κ2) is 9.78. The molecular weight excluding hydrogens is 384 g/mol. The van der Waals surface area contributed by atoms with Crippen LogP contribution in [-0.4, -0.2) is 35.2 Å². The number of rotatable bonds is 6. The van der Waals surface area contributed by atoms with E-state index in [1.807, 2.05) is 0 Å². The summed E-state index contributed by atoms with van der Waals surface area (Å²) in [5.74, 6) is -0.931. The minimum Gasteiger partial charge on any atom is -0.458 e. The number of ether oxygens (including phenoxy) is 2. The first kappa shape index (κ1) is 23.8. The van der Waals surface area contributed by atoms with Crippen LogP contribution >= 0.6 is 11.6 Å². The lowest BCUT2D eigenvalue weighted by molar-refractivity contribution is -0.157. The lowest BCUT2D eigenvalue weighted by Crippen LogP contribution is -2.46. The predicted octanol–water partition coefficient (Wildman–Crippen LogP) is 4.29. The third-order valence-corrected chi connectivity index (χ3v) is 3.42. The molecular formula is C20H29ClN2O5. The molecule has 0 fully saturated rings. The van der Waals surface area contributed by atoms with Crippen LogP contribution in [0.4, 0.5) is 10.5 Å². The van der Waals surface area contributed by atoms with Gasteiger partial charge >= 0.3 is 12.1 Å². The zero-order valence-electron chi connectivity index (χ0n) is 17.2. The molecule has 7 nitrogen and oxygen atoms in total. The van der Waals surface area contributed by atoms with Crippen LogP contribution in [0.15, 0.2) is 24.3 Å². The van der Waals surface area contributed by atoms with Gasteiger partial charge in [0.1, 0.15) is 17.2 Å². The Bertz CT molecular complexity index is 690. The minimum atomic E-state index is -1.01. The molecule has 0 aliphatic heterocycles. The first-order valence-corrected chi connectivity index (χ1v) is 9.41. The van der Waals surface area contributed by atoms with Gasteiger partial charge in [-0.15, -0.1) is 0 Å². The quantitative estimate of drug-likeness (QED) is 0.679. The Morgan fingerprint density at radius 2 is 1.50 bits per heavy atom. The van der Waals surface area contributed by atoms with Crippen LogP contribution in [0.5, 0.6) is 0 Å². The number of nitrogens with one attached hydrogen (secondary N) is 2. The van der Waals surface area contributed by atoms with Gasteiger partial charge in [0.05, 0.1) is 0 Å². The zero-order chi connectivity index (χ0) is 21.5. The smallest absolute Gasteiger partial charge is 0.408 e. The second-order valence-electron chi connectivity index (χ2n) is 8.33. The molecule has 1 atom stereocenters. The highest BCUT2D eigenvalue weighted by Crippen LogP contribution is 2.15. The summed E-state index contributed by atoms with van der Waals surface area (Å²) < 4.78 is 10.5. The van der Waals surface area contributed by atoms with Gasteiger partial charge in [-0.2, -0.15) is 0 Å². The van der Waals surface area contributed by atoms with Crippen molar-refractivity contribution in [2.75, 3.05) is 5.32 Å². The first-order chi connectivity index (χ1) is 12.7. The standard InChI is InChI=1S/C20H29ClN2O5/c1-19(2,3)27-17(25)15(23-18(26)28-20(4,5)6)11-12-16(24)22-14-9-7-13(21)8-10-14/h7-10,15H,11-12H2,1-6H3,(H,22,24)(H,23,26)/t15-/m0/s1. The summed E-state index contributed by atoms with van der Waals surface area (Å²) in [6.07, 6.45) is -0.683. The van der Waals surface area contributed by atoms with E-state index >= 15 is 0 Å². The summed E-state index contributed by atoms with van der Waals surface area (Å²) in [6, 6.07) is 5.65. The molecule has 0 spiro atoms. The van der Waals surface area contributed by atoms with Crippen molar-refractivity contribution >= 4 is 35.3 Å². The molecule has 2 N–H and O–H groups in total. The van der Waals surface area contributed by atoms with Crippen LogP contribution in [0.2, 0.25) is 5.02 Å². The highest BCUT2D eigenvalue weighted by molar-refractivity contribution is 6.30. The number of amides is 2. The monoisotopic (exact) mass is 412 g/mol. The average Bonchev–Trinajstić information content (AvgIpc) is 2.50. The van der Waals surface area contributed by atoms with Crippen molar-refractivity contribution in [2.45, 2.75) is 71.6 Å². The molecule has 0 heterocycles. The summed E-state index contributed by atoms with van der Waals surface area (Å²) in [4.78, 5) is 36.7. The van der Waals surface area contributed by atoms with Crippen LogP contribution in [0, 0.1) is 0 Å². The summed E-state index contributed by atoms with van der Waals surface area (Å²) >= 11 is 5.82. The normalized spacial score (nSPS) is 12.7. The SMILES string of the molecule is CC(C)(C)OC(=O)N[C@@H](CCC(=O)Nc1ccc(Cl)cc1)C(=O)OC(C)(C)C. The molecule has 8 heteroatoms. The van der Waals surface area contributed by atoms with Crippen LogP contribution in [0.1, 0.15) is 54.4 Å². The topological polar surface area (TPSA) is 93.7 Å². The van der Waals surface area contributed by atoms with Crippen molar-refractivity contribution in [3.63, 3.8) is 0 Å². The molecule has 2 amide bonds. The molecule has 156 valence electrons. The van der Waals surface area contributed by atoms with Crippen LogP contribution in [0.25, 0.3) is 0 Å². The lowest BCUT2D eigenvalue weighted by atomic mass is 10.1. The first-order valence-electron chi connectivity index (χ1n) is 9.03. The van der Waals surface area contributed by atoms with Crippen LogP contribution in [0.3, 0.4) is 0 Å². The number of carbonyl (C=O) groups is 3. The highest BCUT2D eigenvalue weighted by Gasteiger charge is 2.29. The molecule has 1 aromatic carbocycles. The van der Waals surface area contributed by atoms with Gasteiger partial charge in [-0.25, -0.2) is 9.59 Å². The van der Waals surface area contributed by atoms with Gasteiger partial charge in [0, 0.05) is 17.1 Å². The van der Waals surface area contributed by atoms with Crippen molar-refractivity contribution in [1.29, 1.82) is 0 Å². The number of hydrogen-bond acceptors (Lipinski definition) is 5. The average molecular weight is 413 g/mol. The van der Waals surface area contributed by atoms with Gasteiger partial charge in [0.25, 0.3) is 0 Å². The molecule has 0 aliphatic rings. The van der Waals surface area contributed by atoms with E-state index < -0.39 is 29.3 Å². The zero-order valence-corrected chi connectivity index (χ0v) is 18.0. The van der Waals surface area contributed by atoms with E-state index in [0.29, 0.717) is 10.7 Å². The summed E-state index contributed by atoms with van der Waals surface area (Å²) in [5, 5.41) is 5.76. The molecule has 0 saturated carbocycles. The van der Waals surface area contributed by atoms with Gasteiger partial charge in [-0.3, -0.25) is 4.79 Å². The minimum absolute atomic E-state index is 0.00232. The third kappa shape index (κ3) is 10.2. The summed E-state index contributed by atoms with van der Waals surface area (Å²) in [7, 11) is 0. The number of anilines is 1. The van der Waals surface area contributed by atoms with E-state index in [2.05, 4.69) is 10.6 Å². The molecule has 1 rings (SSSR count). The number of alkyl carbamates (subject to hydrolysis) is 1. The van der Waals surface area contributed by atoms with Gasteiger partial charge in [-0.1, -0.05) is 11.6 Å². The molecule has 0 unspecified atom stereocenters. The fourth-order valence-electron chi connectivity index (χ4n) is 2.10. The molecule has 0 bridgehead atoms. The maximum absolute atomic E-state index is 12.4. The van der Waals surface area contributed by atoms with E-state index in [0.717, 1.165) is 0 Å². The number of hydrogen-bond donors (Lipinski definition) is 2. The van der Waals surface area contributed by atoms with E-state index in [1.54, 1.807) is 65.8 Å². The Morgan fingerprint density at radius 3 is 2.00 bits per heavy atom. The number of halogens is 1. The van der Waals surface area contributed by atoms with Crippen molar-refractivity contribution in [3.8, 4) is 0 Å². The van der Waals surface area contributed by atoms with Gasteiger partial charge in [0.15, 0.2) is 0 Å². The predicted molar refractivity (Wildman–Crippen MR) is 108 cm³/mol. The van der Waals surface area contributed by atoms with Gasteiger partial charge in [-0.05, 0) is 72.2 Å². The van der Waals surface area contributed by atoms with E-state index in [4.69, 9.17) is 21.1 Å². The highest BCUT2D eigenvalue weighted by atomic mass is 35.5. The number of esters is 1. The second-order valence-corrected chi connectivity index (χ2v) is 8.76. The fourth-order valence-corrected chi connectivity index (χ4v) is 2.23. The van der Waals surface area contributed by atoms with Crippen molar-refractivity contribution in [3.05, 3.63) is 29.3 Å². The maximum atomic E-state index is 12.4. The Morgan fingerprint density at radius 1 is 0.964 bits per heavy atom. The van der Waals surface area contributed by atoms with E-state index in [9.17, 15) is 14.4 Å². The number of benzene rings is 1. The van der Waals surface area contributed by atoms with Crippen molar-refractivity contribution < 1.29 is 23.9 Å². The van der Waals surface area contributed by atoms with Gasteiger partial charge in [0.2, 0.25) is 5.91 Å². The molecule has 0 aliphatic carbocycles. The van der Waals surface area contributed by atoms with Crippen molar-refractivity contribution in [1.82, 2.24) is 5.32 Å². The van der Waals surface area contributed by atoms with Gasteiger partial charge < -0.3 is 20.1 Å². The molecule has 1 aromatic rings. The Labute approximate surface area is 171 Å². The van der Waals surface area contributed by atoms with Crippen molar-refractivity contribution in [2.24, 2.45) is 0 Å². The van der Waals surface area contributed by atoms with Crippen LogP contribution < -0.4 is 10.6 Å². The Balaban J connectivity index is 2.72. The molecule has 0 aromatic heterocycles. The van der Waals surface area contributed by atoms with E-state index in [-0.39, 0.29) is 18.7 Å². The third-order valence-electron chi connectivity index (χ3n) is 3.17. The summed E-state index contributed by atoms with van der Waals surface area (Å²) in [6.45, 7) is 10.3.